The predicted molar refractivity (Wildman–Crippen MR) is 90.4 cm³/mol. The van der Waals surface area contributed by atoms with Crippen LogP contribution in [0.15, 0.2) is 53.1 Å². The Labute approximate surface area is 137 Å². The Balaban J connectivity index is 1.88. The summed E-state index contributed by atoms with van der Waals surface area (Å²) in [5.74, 6) is 0. The van der Waals surface area contributed by atoms with Crippen LogP contribution in [0.1, 0.15) is 0 Å². The maximum absolute atomic E-state index is 10.8. The van der Waals surface area contributed by atoms with E-state index < -0.39 is 0 Å². The van der Waals surface area contributed by atoms with Crippen LogP contribution in [-0.2, 0) is 0 Å². The van der Waals surface area contributed by atoms with Gasteiger partial charge in [-0.3, -0.25) is 14.5 Å². The van der Waals surface area contributed by atoms with Crippen molar-refractivity contribution < 1.29 is 4.92 Å². The Morgan fingerprint density at radius 1 is 1.18 bits per heavy atom. The molecule has 0 bridgehead atoms. The molecule has 0 fully saturated rings. The summed E-state index contributed by atoms with van der Waals surface area (Å²) in [6, 6.07) is 12.8. The topological polar surface area (TPSA) is 60.4 Å². The Hall–Kier alpha value is -2.25. The van der Waals surface area contributed by atoms with Gasteiger partial charge in [-0.25, -0.2) is 4.98 Å². The highest BCUT2D eigenvalue weighted by molar-refractivity contribution is 9.10. The fraction of sp³-hybridized carbons (Fsp3) is 0. The molecule has 7 heteroatoms. The highest BCUT2D eigenvalue weighted by Gasteiger charge is 2.13. The molecule has 0 atom stereocenters. The fourth-order valence-electron chi connectivity index (χ4n) is 2.36. The van der Waals surface area contributed by atoms with Crippen molar-refractivity contribution in [1.82, 2.24) is 9.38 Å². The van der Waals surface area contributed by atoms with E-state index in [1.54, 1.807) is 12.1 Å². The number of nitrogens with zero attached hydrogens (tertiary/aromatic N) is 3. The molecule has 0 amide bonds. The van der Waals surface area contributed by atoms with Gasteiger partial charge in [0.1, 0.15) is 0 Å². The standard InChI is InChI=1S/C15H8BrN3O2S/c16-10-3-1-9(2-4-10)12-8-18-13-6-5-11(19(20)21)7-14(13)22-15(18)17-12/h1-8H. The van der Waals surface area contributed by atoms with E-state index in [2.05, 4.69) is 20.9 Å². The molecule has 0 aliphatic rings. The molecular formula is C15H8BrN3O2S. The van der Waals surface area contributed by atoms with Gasteiger partial charge in [0.05, 0.1) is 20.8 Å². The van der Waals surface area contributed by atoms with Gasteiger partial charge in [-0.15, -0.1) is 0 Å². The zero-order valence-corrected chi connectivity index (χ0v) is 13.5. The second-order valence-corrected chi connectivity index (χ2v) is 6.72. The zero-order chi connectivity index (χ0) is 15.3. The third-order valence-corrected chi connectivity index (χ3v) is 4.97. The molecule has 0 N–H and O–H groups in total. The van der Waals surface area contributed by atoms with Crippen molar-refractivity contribution in [2.75, 3.05) is 0 Å². The third kappa shape index (κ3) is 2.10. The van der Waals surface area contributed by atoms with Crippen molar-refractivity contribution in [1.29, 1.82) is 0 Å². The number of nitro groups is 1. The van der Waals surface area contributed by atoms with E-state index in [0.717, 1.165) is 30.9 Å². The second-order valence-electron chi connectivity index (χ2n) is 4.80. The first-order valence-electron chi connectivity index (χ1n) is 6.44. The summed E-state index contributed by atoms with van der Waals surface area (Å²) < 4.78 is 3.86. The average Bonchev–Trinajstić information content (AvgIpc) is 3.04. The molecule has 2 aromatic heterocycles. The molecule has 0 spiro atoms. The number of aromatic nitrogens is 2. The monoisotopic (exact) mass is 373 g/mol. The minimum Gasteiger partial charge on any atom is -0.290 e. The van der Waals surface area contributed by atoms with Gasteiger partial charge < -0.3 is 0 Å². The lowest BCUT2D eigenvalue weighted by Crippen LogP contribution is -1.86. The first-order valence-corrected chi connectivity index (χ1v) is 8.05. The molecule has 2 aromatic carbocycles. The Kier molecular flexibility index (Phi) is 2.98. The van der Waals surface area contributed by atoms with Gasteiger partial charge in [-0.05, 0) is 18.2 Å². The second kappa shape index (κ2) is 4.89. The van der Waals surface area contributed by atoms with Crippen molar-refractivity contribution in [3.63, 3.8) is 0 Å². The van der Waals surface area contributed by atoms with Crippen LogP contribution in [0.4, 0.5) is 5.69 Å². The summed E-state index contributed by atoms with van der Waals surface area (Å²) >= 11 is 4.87. The zero-order valence-electron chi connectivity index (χ0n) is 11.1. The number of hydrogen-bond acceptors (Lipinski definition) is 4. The van der Waals surface area contributed by atoms with E-state index >= 15 is 0 Å². The van der Waals surface area contributed by atoms with Gasteiger partial charge in [0, 0.05) is 28.4 Å². The smallest absolute Gasteiger partial charge is 0.270 e. The maximum Gasteiger partial charge on any atom is 0.270 e. The summed E-state index contributed by atoms with van der Waals surface area (Å²) in [6.07, 6.45) is 1.96. The molecule has 2 heterocycles. The number of fused-ring (bicyclic) bond motifs is 3. The first kappa shape index (κ1) is 13.4. The Morgan fingerprint density at radius 2 is 1.95 bits per heavy atom. The quantitative estimate of drug-likeness (QED) is 0.371. The van der Waals surface area contributed by atoms with Gasteiger partial charge in [-0.1, -0.05) is 39.4 Å². The molecule has 0 aliphatic carbocycles. The van der Waals surface area contributed by atoms with E-state index in [0.29, 0.717) is 0 Å². The van der Waals surface area contributed by atoms with Crippen LogP contribution >= 0.6 is 27.3 Å². The highest BCUT2D eigenvalue weighted by Crippen LogP contribution is 2.31. The van der Waals surface area contributed by atoms with Crippen molar-refractivity contribution in [2.24, 2.45) is 0 Å². The van der Waals surface area contributed by atoms with E-state index in [9.17, 15) is 10.1 Å². The molecule has 0 radical (unpaired) electrons. The fourth-order valence-corrected chi connectivity index (χ4v) is 3.67. The molecule has 0 aliphatic heterocycles. The van der Waals surface area contributed by atoms with Crippen molar-refractivity contribution >= 4 is 48.1 Å². The molecule has 4 rings (SSSR count). The van der Waals surface area contributed by atoms with Gasteiger partial charge in [0.2, 0.25) is 0 Å². The summed E-state index contributed by atoms with van der Waals surface area (Å²) in [5.41, 5.74) is 2.96. The lowest BCUT2D eigenvalue weighted by molar-refractivity contribution is -0.384. The summed E-state index contributed by atoms with van der Waals surface area (Å²) in [5, 5.41) is 10.8. The average molecular weight is 374 g/mol. The van der Waals surface area contributed by atoms with Crippen LogP contribution in [0.3, 0.4) is 0 Å². The number of hydrogen-bond donors (Lipinski definition) is 0. The lowest BCUT2D eigenvalue weighted by atomic mass is 10.2. The number of thiazole rings is 1. The molecular weight excluding hydrogens is 366 g/mol. The van der Waals surface area contributed by atoms with Crippen molar-refractivity contribution in [2.45, 2.75) is 0 Å². The third-order valence-electron chi connectivity index (χ3n) is 3.43. The van der Waals surface area contributed by atoms with Crippen LogP contribution in [0.5, 0.6) is 0 Å². The van der Waals surface area contributed by atoms with Crippen molar-refractivity contribution in [3.8, 4) is 11.3 Å². The number of rotatable bonds is 2. The summed E-state index contributed by atoms with van der Waals surface area (Å²) in [6.45, 7) is 0. The molecule has 108 valence electrons. The van der Waals surface area contributed by atoms with E-state index in [1.165, 1.54) is 17.4 Å². The number of benzene rings is 2. The Bertz CT molecular complexity index is 1020. The molecule has 4 aromatic rings. The van der Waals surface area contributed by atoms with Crippen LogP contribution in [-0.4, -0.2) is 14.3 Å². The maximum atomic E-state index is 10.8. The number of nitro benzene ring substituents is 1. The van der Waals surface area contributed by atoms with Crippen molar-refractivity contribution in [3.05, 3.63) is 63.2 Å². The first-order chi connectivity index (χ1) is 10.6. The van der Waals surface area contributed by atoms with E-state index in [4.69, 9.17) is 0 Å². The van der Waals surface area contributed by atoms with Crippen LogP contribution in [0, 0.1) is 10.1 Å². The minimum absolute atomic E-state index is 0.102. The van der Waals surface area contributed by atoms with Gasteiger partial charge in [0.15, 0.2) is 4.96 Å². The molecule has 0 saturated heterocycles. The van der Waals surface area contributed by atoms with E-state index in [-0.39, 0.29) is 10.6 Å². The largest absolute Gasteiger partial charge is 0.290 e. The molecule has 0 unspecified atom stereocenters. The van der Waals surface area contributed by atoms with Gasteiger partial charge in [-0.2, -0.15) is 0 Å². The number of imidazole rings is 1. The SMILES string of the molecule is O=[N+]([O-])c1ccc2c(c1)sc1nc(-c3ccc(Br)cc3)cn12. The molecule has 22 heavy (non-hydrogen) atoms. The molecule has 0 saturated carbocycles. The van der Waals surface area contributed by atoms with Gasteiger partial charge in [0.25, 0.3) is 5.69 Å². The summed E-state index contributed by atoms with van der Waals surface area (Å²) in [4.78, 5) is 15.9. The normalized spacial score (nSPS) is 11.3. The van der Waals surface area contributed by atoms with E-state index in [1.807, 2.05) is 34.9 Å². The van der Waals surface area contributed by atoms with Crippen LogP contribution in [0.25, 0.3) is 26.4 Å². The highest BCUT2D eigenvalue weighted by atomic mass is 79.9. The predicted octanol–water partition coefficient (Wildman–Crippen LogP) is 4.89. The Morgan fingerprint density at radius 3 is 2.68 bits per heavy atom. The van der Waals surface area contributed by atoms with Crippen LogP contribution < -0.4 is 0 Å². The summed E-state index contributed by atoms with van der Waals surface area (Å²) in [7, 11) is 0. The molecule has 5 nitrogen and oxygen atoms in total. The minimum atomic E-state index is -0.380. The number of non-ortho nitro benzene ring substituents is 1. The van der Waals surface area contributed by atoms with Crippen LogP contribution in [0.2, 0.25) is 0 Å². The number of halogens is 1. The van der Waals surface area contributed by atoms with Gasteiger partial charge >= 0.3 is 0 Å². The lowest BCUT2D eigenvalue weighted by Gasteiger charge is -1.96.